The molecule has 0 radical (unpaired) electrons. The maximum atomic E-state index is 12.3. The number of carbonyl (C=O) groups is 1. The van der Waals surface area contributed by atoms with Crippen LogP contribution in [-0.4, -0.2) is 40.1 Å². The van der Waals surface area contributed by atoms with Crippen LogP contribution in [0.3, 0.4) is 0 Å². The van der Waals surface area contributed by atoms with E-state index in [2.05, 4.69) is 0 Å². The Morgan fingerprint density at radius 2 is 1.82 bits per heavy atom. The average Bonchev–Trinajstić information content (AvgIpc) is 3.04. The van der Waals surface area contributed by atoms with Crippen LogP contribution in [0.15, 0.2) is 0 Å². The summed E-state index contributed by atoms with van der Waals surface area (Å²) < 4.78 is 0. The third kappa shape index (κ3) is 2.20. The fraction of sp³-hybridized carbons (Fsp3) is 0.923. The number of aliphatic hydroxyl groups excluding tert-OH is 1. The van der Waals surface area contributed by atoms with Crippen LogP contribution in [-0.2, 0) is 4.79 Å². The van der Waals surface area contributed by atoms with Gasteiger partial charge in [-0.2, -0.15) is 0 Å². The molecule has 1 amide bonds. The summed E-state index contributed by atoms with van der Waals surface area (Å²) in [7, 11) is 0. The molecule has 3 fully saturated rings. The van der Waals surface area contributed by atoms with Crippen molar-refractivity contribution in [3.05, 3.63) is 0 Å². The van der Waals surface area contributed by atoms with Gasteiger partial charge in [0.2, 0.25) is 5.91 Å². The third-order valence-electron chi connectivity index (χ3n) is 4.56. The molecule has 4 nitrogen and oxygen atoms in total. The summed E-state index contributed by atoms with van der Waals surface area (Å²) in [6.07, 6.45) is 6.72. The van der Waals surface area contributed by atoms with Crippen molar-refractivity contribution in [3.63, 3.8) is 0 Å². The van der Waals surface area contributed by atoms with Gasteiger partial charge in [-0.3, -0.25) is 4.79 Å². The lowest BCUT2D eigenvalue weighted by atomic mass is 9.98. The van der Waals surface area contributed by atoms with E-state index < -0.39 is 0 Å². The number of fused-ring (bicyclic) bond motifs is 2. The van der Waals surface area contributed by atoms with E-state index in [4.69, 9.17) is 5.73 Å². The third-order valence-corrected chi connectivity index (χ3v) is 4.56. The van der Waals surface area contributed by atoms with E-state index in [9.17, 15) is 9.90 Å². The van der Waals surface area contributed by atoms with Crippen LogP contribution in [0, 0.1) is 5.92 Å². The first-order valence-corrected chi connectivity index (χ1v) is 6.91. The van der Waals surface area contributed by atoms with Crippen molar-refractivity contribution in [2.45, 2.75) is 69.2 Å². The van der Waals surface area contributed by atoms with E-state index in [1.807, 2.05) is 4.90 Å². The van der Waals surface area contributed by atoms with Crippen LogP contribution in [0.25, 0.3) is 0 Å². The number of carbonyl (C=O) groups excluding carboxylic acids is 1. The minimum absolute atomic E-state index is 0.135. The summed E-state index contributed by atoms with van der Waals surface area (Å²) >= 11 is 0. The Balaban J connectivity index is 1.65. The van der Waals surface area contributed by atoms with Crippen molar-refractivity contribution >= 4 is 5.91 Å². The first-order valence-electron chi connectivity index (χ1n) is 6.91. The predicted octanol–water partition coefficient (Wildman–Crippen LogP) is 0.628. The highest BCUT2D eigenvalue weighted by Gasteiger charge is 2.44. The molecule has 0 aromatic carbocycles. The Morgan fingerprint density at radius 1 is 1.24 bits per heavy atom. The highest BCUT2D eigenvalue weighted by atomic mass is 16.3. The number of amides is 1. The highest BCUT2D eigenvalue weighted by Crippen LogP contribution is 2.38. The molecule has 3 N–H and O–H groups in total. The molecule has 3 aliphatic rings. The molecular weight excluding hydrogens is 216 g/mol. The van der Waals surface area contributed by atoms with Crippen LogP contribution in [0.5, 0.6) is 0 Å². The Labute approximate surface area is 102 Å². The number of hydrogen-bond donors (Lipinski definition) is 2. The van der Waals surface area contributed by atoms with E-state index in [1.54, 1.807) is 0 Å². The zero-order valence-corrected chi connectivity index (χ0v) is 10.2. The molecule has 2 heterocycles. The minimum atomic E-state index is -0.305. The molecule has 1 saturated carbocycles. The van der Waals surface area contributed by atoms with Crippen LogP contribution in [0.1, 0.15) is 44.9 Å². The number of hydrogen-bond acceptors (Lipinski definition) is 3. The van der Waals surface area contributed by atoms with E-state index in [0.717, 1.165) is 32.1 Å². The average molecular weight is 238 g/mol. The maximum Gasteiger partial charge on any atom is 0.239 e. The monoisotopic (exact) mass is 238 g/mol. The van der Waals surface area contributed by atoms with Crippen molar-refractivity contribution in [2.75, 3.05) is 0 Å². The zero-order valence-electron chi connectivity index (χ0n) is 10.2. The van der Waals surface area contributed by atoms with E-state index >= 15 is 0 Å². The van der Waals surface area contributed by atoms with Gasteiger partial charge in [0.05, 0.1) is 12.1 Å². The molecule has 2 aliphatic heterocycles. The van der Waals surface area contributed by atoms with Gasteiger partial charge < -0.3 is 15.7 Å². The Morgan fingerprint density at radius 3 is 2.35 bits per heavy atom. The Kier molecular flexibility index (Phi) is 2.87. The molecule has 4 heteroatoms. The van der Waals surface area contributed by atoms with Crippen molar-refractivity contribution < 1.29 is 9.90 Å². The van der Waals surface area contributed by atoms with Gasteiger partial charge in [-0.05, 0) is 38.0 Å². The standard InChI is InChI=1S/C13H22N2O2/c14-12(5-8-1-2-8)13(17)15-9-3-4-10(15)7-11(16)6-9/h8-12,16H,1-7,14H2. The first kappa shape index (κ1) is 11.5. The summed E-state index contributed by atoms with van der Waals surface area (Å²) in [5.74, 6) is 0.832. The van der Waals surface area contributed by atoms with Gasteiger partial charge >= 0.3 is 0 Å². The molecule has 3 atom stereocenters. The number of rotatable bonds is 3. The lowest BCUT2D eigenvalue weighted by Crippen LogP contribution is -2.53. The molecule has 2 saturated heterocycles. The van der Waals surface area contributed by atoms with Gasteiger partial charge in [-0.1, -0.05) is 12.8 Å². The Bertz CT molecular complexity index is 303. The number of aliphatic hydroxyl groups is 1. The molecule has 17 heavy (non-hydrogen) atoms. The van der Waals surface area contributed by atoms with Crippen molar-refractivity contribution in [1.29, 1.82) is 0 Å². The van der Waals surface area contributed by atoms with Crippen LogP contribution < -0.4 is 5.73 Å². The van der Waals surface area contributed by atoms with E-state index in [1.165, 1.54) is 12.8 Å². The van der Waals surface area contributed by atoms with Gasteiger partial charge in [0.25, 0.3) is 0 Å². The molecule has 2 bridgehead atoms. The predicted molar refractivity (Wildman–Crippen MR) is 64.2 cm³/mol. The summed E-state index contributed by atoms with van der Waals surface area (Å²) in [5, 5.41) is 9.71. The number of nitrogens with two attached hydrogens (primary N) is 1. The van der Waals surface area contributed by atoms with Crippen LogP contribution in [0.4, 0.5) is 0 Å². The molecular formula is C13H22N2O2. The maximum absolute atomic E-state index is 12.3. The largest absolute Gasteiger partial charge is 0.393 e. The van der Waals surface area contributed by atoms with Gasteiger partial charge in [0, 0.05) is 12.1 Å². The lowest BCUT2D eigenvalue weighted by Gasteiger charge is -2.38. The topological polar surface area (TPSA) is 66.6 Å². The Hall–Kier alpha value is -0.610. The lowest BCUT2D eigenvalue weighted by molar-refractivity contribution is -0.139. The van der Waals surface area contributed by atoms with E-state index in [0.29, 0.717) is 5.92 Å². The molecule has 3 rings (SSSR count). The normalized spacial score (nSPS) is 38.2. The van der Waals surface area contributed by atoms with E-state index in [-0.39, 0.29) is 30.1 Å². The smallest absolute Gasteiger partial charge is 0.239 e. The summed E-state index contributed by atoms with van der Waals surface area (Å²) in [4.78, 5) is 14.3. The fourth-order valence-electron chi connectivity index (χ4n) is 3.51. The van der Waals surface area contributed by atoms with Crippen LogP contribution in [0.2, 0.25) is 0 Å². The van der Waals surface area contributed by atoms with Crippen molar-refractivity contribution in [1.82, 2.24) is 4.90 Å². The second-order valence-corrected chi connectivity index (χ2v) is 6.04. The molecule has 0 aromatic rings. The molecule has 96 valence electrons. The summed E-state index contributed by atoms with van der Waals surface area (Å²) in [5.41, 5.74) is 6.02. The second kappa shape index (κ2) is 4.25. The summed E-state index contributed by atoms with van der Waals surface area (Å²) in [6.45, 7) is 0. The first-order chi connectivity index (χ1) is 8.15. The van der Waals surface area contributed by atoms with Gasteiger partial charge in [0.1, 0.15) is 0 Å². The zero-order chi connectivity index (χ0) is 12.0. The number of nitrogens with zero attached hydrogens (tertiary/aromatic N) is 1. The SMILES string of the molecule is NC(CC1CC1)C(=O)N1C2CCC1CC(O)C2. The van der Waals surface area contributed by atoms with Crippen LogP contribution >= 0.6 is 0 Å². The van der Waals surface area contributed by atoms with Gasteiger partial charge in [0.15, 0.2) is 0 Å². The highest BCUT2D eigenvalue weighted by molar-refractivity contribution is 5.82. The van der Waals surface area contributed by atoms with Gasteiger partial charge in [-0.25, -0.2) is 0 Å². The minimum Gasteiger partial charge on any atom is -0.393 e. The van der Waals surface area contributed by atoms with Gasteiger partial charge in [-0.15, -0.1) is 0 Å². The molecule has 1 aliphatic carbocycles. The number of piperidine rings is 1. The molecule has 3 unspecified atom stereocenters. The second-order valence-electron chi connectivity index (χ2n) is 6.04. The molecule has 0 spiro atoms. The quantitative estimate of drug-likeness (QED) is 0.758. The molecule has 0 aromatic heterocycles. The fourth-order valence-corrected chi connectivity index (χ4v) is 3.51. The summed E-state index contributed by atoms with van der Waals surface area (Å²) in [6, 6.07) is 0.198. The van der Waals surface area contributed by atoms with Crippen molar-refractivity contribution in [3.8, 4) is 0 Å². The van der Waals surface area contributed by atoms with Crippen molar-refractivity contribution in [2.24, 2.45) is 11.7 Å².